The van der Waals surface area contributed by atoms with Crippen LogP contribution in [0.2, 0.25) is 0 Å². The lowest BCUT2D eigenvalue weighted by atomic mass is 9.98. The minimum atomic E-state index is -1.02. The van der Waals surface area contributed by atoms with Gasteiger partial charge in [0.05, 0.1) is 17.7 Å². The number of aromatic carboxylic acids is 1. The van der Waals surface area contributed by atoms with Gasteiger partial charge in [-0.1, -0.05) is 31.1 Å². The second-order valence-corrected chi connectivity index (χ2v) is 6.49. The van der Waals surface area contributed by atoms with Crippen molar-refractivity contribution in [2.45, 2.75) is 26.3 Å². The van der Waals surface area contributed by atoms with E-state index in [1.165, 1.54) is 22.8 Å². The molecule has 0 bridgehead atoms. The van der Waals surface area contributed by atoms with Crippen LogP contribution in [0, 0.1) is 0 Å². The fourth-order valence-corrected chi connectivity index (χ4v) is 2.81. The monoisotopic (exact) mass is 369 g/mol. The molecule has 0 fully saturated rings. The van der Waals surface area contributed by atoms with E-state index in [9.17, 15) is 20.1 Å². The molecule has 0 aliphatic heterocycles. The SMILES string of the molecule is CC(C)c1cc(-c2nnc(O)n2Cc2ccc(C(=O)O)cc2)c(O)cc1O. The number of rotatable bonds is 5. The molecule has 0 radical (unpaired) electrons. The summed E-state index contributed by atoms with van der Waals surface area (Å²) in [5, 5.41) is 47.0. The number of hydrogen-bond acceptors (Lipinski definition) is 6. The number of nitrogens with zero attached hydrogens (tertiary/aromatic N) is 3. The number of aromatic nitrogens is 3. The first-order valence-electron chi connectivity index (χ1n) is 8.28. The van der Waals surface area contributed by atoms with Crippen molar-refractivity contribution in [1.29, 1.82) is 0 Å². The molecule has 3 aromatic rings. The minimum Gasteiger partial charge on any atom is -0.508 e. The summed E-state index contributed by atoms with van der Waals surface area (Å²) in [6.07, 6.45) is 0. The van der Waals surface area contributed by atoms with Crippen molar-refractivity contribution in [3.8, 4) is 28.9 Å². The summed E-state index contributed by atoms with van der Waals surface area (Å²) in [5.41, 5.74) is 1.83. The first-order chi connectivity index (χ1) is 12.8. The van der Waals surface area contributed by atoms with Crippen molar-refractivity contribution in [3.63, 3.8) is 0 Å². The summed E-state index contributed by atoms with van der Waals surface area (Å²) in [7, 11) is 0. The zero-order chi connectivity index (χ0) is 19.7. The van der Waals surface area contributed by atoms with Crippen LogP contribution in [-0.4, -0.2) is 41.2 Å². The number of phenolic OH excluding ortho intramolecular Hbond substituents is 2. The fraction of sp³-hybridized carbons (Fsp3) is 0.211. The molecule has 0 unspecified atom stereocenters. The number of phenols is 2. The van der Waals surface area contributed by atoms with Crippen molar-refractivity contribution in [2.75, 3.05) is 0 Å². The molecule has 2 aromatic carbocycles. The standard InChI is InChI=1S/C19H19N3O5/c1-10(2)13-7-14(16(24)8-15(13)23)17-20-21-19(27)22(17)9-11-3-5-12(6-4-11)18(25)26/h3-8,10,23-24H,9H2,1-2H3,(H,21,27)(H,25,26). The summed E-state index contributed by atoms with van der Waals surface area (Å²) in [6, 6.07) is 8.70. The number of carbonyl (C=O) groups is 1. The van der Waals surface area contributed by atoms with Gasteiger partial charge in [0.1, 0.15) is 11.5 Å². The van der Waals surface area contributed by atoms with Gasteiger partial charge in [0.2, 0.25) is 0 Å². The molecule has 3 rings (SSSR count). The van der Waals surface area contributed by atoms with Gasteiger partial charge in [0.15, 0.2) is 5.82 Å². The summed E-state index contributed by atoms with van der Waals surface area (Å²) in [6.45, 7) is 3.98. The Morgan fingerprint density at radius 1 is 1.04 bits per heavy atom. The van der Waals surface area contributed by atoms with Crippen LogP contribution >= 0.6 is 0 Å². The van der Waals surface area contributed by atoms with Crippen LogP contribution in [0.25, 0.3) is 11.4 Å². The zero-order valence-electron chi connectivity index (χ0n) is 14.8. The fourth-order valence-electron chi connectivity index (χ4n) is 2.81. The maximum Gasteiger partial charge on any atom is 0.335 e. The molecule has 1 aromatic heterocycles. The maximum atomic E-state index is 11.0. The van der Waals surface area contributed by atoms with E-state index in [1.54, 1.807) is 18.2 Å². The van der Waals surface area contributed by atoms with Crippen LogP contribution in [-0.2, 0) is 6.54 Å². The molecule has 8 heteroatoms. The van der Waals surface area contributed by atoms with Gasteiger partial charge in [-0.05, 0) is 35.2 Å². The van der Waals surface area contributed by atoms with E-state index in [2.05, 4.69) is 10.2 Å². The molecule has 0 aliphatic rings. The van der Waals surface area contributed by atoms with Gasteiger partial charge in [-0.3, -0.25) is 4.57 Å². The summed E-state index contributed by atoms with van der Waals surface area (Å²) in [5.74, 6) is -0.991. The minimum absolute atomic E-state index is 0.0119. The van der Waals surface area contributed by atoms with E-state index in [4.69, 9.17) is 5.11 Å². The van der Waals surface area contributed by atoms with Gasteiger partial charge < -0.3 is 20.4 Å². The molecule has 1 heterocycles. The third-order valence-corrected chi connectivity index (χ3v) is 4.28. The Balaban J connectivity index is 2.03. The smallest absolute Gasteiger partial charge is 0.335 e. The van der Waals surface area contributed by atoms with Crippen LogP contribution in [0.4, 0.5) is 0 Å². The van der Waals surface area contributed by atoms with Gasteiger partial charge in [-0.2, -0.15) is 0 Å². The van der Waals surface area contributed by atoms with Gasteiger partial charge >= 0.3 is 12.0 Å². The van der Waals surface area contributed by atoms with E-state index in [0.29, 0.717) is 11.1 Å². The van der Waals surface area contributed by atoms with Gasteiger partial charge in [-0.15, -0.1) is 5.10 Å². The summed E-state index contributed by atoms with van der Waals surface area (Å²) < 4.78 is 1.39. The van der Waals surface area contributed by atoms with Crippen molar-refractivity contribution < 1.29 is 25.2 Å². The average Bonchev–Trinajstić information content (AvgIpc) is 2.96. The molecule has 140 valence electrons. The van der Waals surface area contributed by atoms with E-state index in [0.717, 1.165) is 5.56 Å². The maximum absolute atomic E-state index is 11.0. The lowest BCUT2D eigenvalue weighted by Crippen LogP contribution is -2.04. The molecule has 0 atom stereocenters. The molecule has 0 saturated heterocycles. The van der Waals surface area contributed by atoms with E-state index >= 15 is 0 Å². The van der Waals surface area contributed by atoms with Crippen LogP contribution < -0.4 is 0 Å². The van der Waals surface area contributed by atoms with Crippen LogP contribution in [0.3, 0.4) is 0 Å². The Bertz CT molecular complexity index is 993. The highest BCUT2D eigenvalue weighted by Gasteiger charge is 2.20. The Morgan fingerprint density at radius 2 is 1.70 bits per heavy atom. The van der Waals surface area contributed by atoms with Gasteiger partial charge in [0, 0.05) is 6.07 Å². The topological polar surface area (TPSA) is 129 Å². The molecule has 0 aliphatic carbocycles. The Morgan fingerprint density at radius 3 is 2.30 bits per heavy atom. The quantitative estimate of drug-likeness (QED) is 0.544. The number of carboxylic acid groups (broad SMARTS) is 1. The largest absolute Gasteiger partial charge is 0.508 e. The van der Waals surface area contributed by atoms with E-state index in [1.807, 2.05) is 13.8 Å². The second-order valence-electron chi connectivity index (χ2n) is 6.49. The zero-order valence-corrected chi connectivity index (χ0v) is 14.8. The normalized spacial score (nSPS) is 11.1. The molecule has 27 heavy (non-hydrogen) atoms. The molecule has 0 saturated carbocycles. The summed E-state index contributed by atoms with van der Waals surface area (Å²) in [4.78, 5) is 11.0. The summed E-state index contributed by atoms with van der Waals surface area (Å²) >= 11 is 0. The van der Waals surface area contributed by atoms with Crippen LogP contribution in [0.15, 0.2) is 36.4 Å². The Kier molecular flexibility index (Phi) is 4.72. The predicted molar refractivity (Wildman–Crippen MR) is 97.0 cm³/mol. The third-order valence-electron chi connectivity index (χ3n) is 4.28. The highest BCUT2D eigenvalue weighted by molar-refractivity contribution is 5.87. The number of benzene rings is 2. The molecule has 4 N–H and O–H groups in total. The highest BCUT2D eigenvalue weighted by Crippen LogP contribution is 2.38. The van der Waals surface area contributed by atoms with E-state index < -0.39 is 5.97 Å². The van der Waals surface area contributed by atoms with E-state index in [-0.39, 0.29) is 41.4 Å². The van der Waals surface area contributed by atoms with Gasteiger partial charge in [-0.25, -0.2) is 4.79 Å². The van der Waals surface area contributed by atoms with Gasteiger partial charge in [0.25, 0.3) is 0 Å². The van der Waals surface area contributed by atoms with Crippen molar-refractivity contribution in [2.24, 2.45) is 0 Å². The molecular weight excluding hydrogens is 350 g/mol. The third kappa shape index (κ3) is 3.55. The van der Waals surface area contributed by atoms with Crippen molar-refractivity contribution in [3.05, 3.63) is 53.1 Å². The number of aromatic hydroxyl groups is 3. The lowest BCUT2D eigenvalue weighted by Gasteiger charge is -2.13. The van der Waals surface area contributed by atoms with Crippen molar-refractivity contribution >= 4 is 5.97 Å². The van der Waals surface area contributed by atoms with Crippen molar-refractivity contribution in [1.82, 2.24) is 14.8 Å². The second kappa shape index (κ2) is 6.99. The molecule has 0 spiro atoms. The highest BCUT2D eigenvalue weighted by atomic mass is 16.4. The Hall–Kier alpha value is -3.55. The average molecular weight is 369 g/mol. The first kappa shape index (κ1) is 18.2. The predicted octanol–water partition coefficient (Wildman–Crippen LogP) is 2.93. The number of hydrogen-bond donors (Lipinski definition) is 4. The molecule has 8 nitrogen and oxygen atoms in total. The first-order valence-corrected chi connectivity index (χ1v) is 8.28. The molecule has 0 amide bonds. The number of carboxylic acids is 1. The van der Waals surface area contributed by atoms with Crippen LogP contribution in [0.5, 0.6) is 17.5 Å². The lowest BCUT2D eigenvalue weighted by molar-refractivity contribution is 0.0697. The van der Waals surface area contributed by atoms with Crippen LogP contribution in [0.1, 0.15) is 41.3 Å². The molecular formula is C19H19N3O5. The Labute approximate surface area is 155 Å².